The van der Waals surface area contributed by atoms with Crippen molar-refractivity contribution in [3.63, 3.8) is 0 Å². The first-order valence-electron chi connectivity index (χ1n) is 6.96. The summed E-state index contributed by atoms with van der Waals surface area (Å²) in [5, 5.41) is 0. The number of aryl methyl sites for hydroxylation is 1. The molecule has 1 aromatic heterocycles. The van der Waals surface area contributed by atoms with E-state index in [9.17, 15) is 22.1 Å². The molecular weight excluding hydrogens is 376 g/mol. The normalized spacial score (nSPS) is 12.4. The minimum Gasteiger partial charge on any atom is -0.605 e. The predicted molar refractivity (Wildman–Crippen MR) is 85.8 cm³/mol. The first-order valence-corrected chi connectivity index (χ1v) is 8.88. The Balaban J connectivity index is 2.04. The van der Waals surface area contributed by atoms with Crippen LogP contribution in [0.1, 0.15) is 11.1 Å². The van der Waals surface area contributed by atoms with Crippen molar-refractivity contribution < 1.29 is 22.1 Å². The molecule has 0 N–H and O–H groups in total. The Morgan fingerprint density at radius 3 is 2.04 bits per heavy atom. The molecule has 0 fully saturated rings. The first kappa shape index (κ1) is 17.8. The predicted octanol–water partition coefficient (Wildman–Crippen LogP) is 4.55. The third-order valence-corrected chi connectivity index (χ3v) is 5.81. The van der Waals surface area contributed by atoms with Gasteiger partial charge in [-0.2, -0.15) is 9.36 Å². The van der Waals surface area contributed by atoms with Crippen molar-refractivity contribution in [1.82, 2.24) is 9.36 Å². The Morgan fingerprint density at radius 2 is 1.48 bits per heavy atom. The van der Waals surface area contributed by atoms with E-state index in [0.29, 0.717) is 16.4 Å². The third kappa shape index (κ3) is 3.14. The number of rotatable bonds is 3. The van der Waals surface area contributed by atoms with Crippen molar-refractivity contribution in [3.05, 3.63) is 58.7 Å². The molecule has 0 radical (unpaired) electrons. The van der Waals surface area contributed by atoms with E-state index in [1.807, 2.05) is 6.92 Å². The number of aromatic nitrogens is 2. The van der Waals surface area contributed by atoms with Gasteiger partial charge in [0.1, 0.15) is 0 Å². The fourth-order valence-corrected chi connectivity index (χ4v) is 3.94. The zero-order valence-corrected chi connectivity index (χ0v) is 14.6. The lowest BCUT2D eigenvalue weighted by Gasteiger charge is -2.07. The van der Waals surface area contributed by atoms with E-state index in [2.05, 4.69) is 9.36 Å². The average molecular weight is 386 g/mol. The van der Waals surface area contributed by atoms with Crippen LogP contribution in [-0.4, -0.2) is 13.9 Å². The van der Waals surface area contributed by atoms with Crippen LogP contribution < -0.4 is 0 Å². The summed E-state index contributed by atoms with van der Waals surface area (Å²) in [6, 6.07) is 6.75. The highest BCUT2D eigenvalue weighted by Crippen LogP contribution is 2.32. The SMILES string of the molecule is Cc1ccc([S+]([O-])c2nc(-c3c(F)c(F)c(C)c(F)c3F)ns2)cc1. The molecule has 1 atom stereocenters. The van der Waals surface area contributed by atoms with Gasteiger partial charge in [-0.25, -0.2) is 17.6 Å². The summed E-state index contributed by atoms with van der Waals surface area (Å²) in [5.74, 6) is -6.73. The Morgan fingerprint density at radius 1 is 0.920 bits per heavy atom. The molecular formula is C16H10F4N2OS2. The lowest BCUT2D eigenvalue weighted by molar-refractivity contribution is 0.448. The molecule has 0 aliphatic rings. The zero-order valence-electron chi connectivity index (χ0n) is 12.9. The molecule has 1 heterocycles. The maximum absolute atomic E-state index is 14.0. The summed E-state index contributed by atoms with van der Waals surface area (Å²) in [6.07, 6.45) is 0. The molecule has 2 aromatic carbocycles. The summed E-state index contributed by atoms with van der Waals surface area (Å²) in [7, 11) is 0. The Hall–Kier alpha value is -1.97. The van der Waals surface area contributed by atoms with Crippen molar-refractivity contribution in [1.29, 1.82) is 0 Å². The quantitative estimate of drug-likeness (QED) is 0.377. The molecule has 3 aromatic rings. The molecule has 9 heteroatoms. The molecule has 0 saturated heterocycles. The standard InChI is InChI=1S/C16H10F4N2OS2/c1-7-3-5-9(6-4-7)25(23)16-21-15(22-24-16)10-13(19)11(17)8(2)12(18)14(10)20/h3-6H,1-2H3. The van der Waals surface area contributed by atoms with Crippen molar-refractivity contribution >= 4 is 22.7 Å². The number of halogens is 4. The van der Waals surface area contributed by atoms with Gasteiger partial charge in [0.25, 0.3) is 0 Å². The average Bonchev–Trinajstić information content (AvgIpc) is 3.08. The minimum absolute atomic E-state index is 0.0287. The van der Waals surface area contributed by atoms with Crippen LogP contribution in [0.4, 0.5) is 17.6 Å². The fourth-order valence-electron chi connectivity index (χ4n) is 2.09. The molecule has 1 unspecified atom stereocenters. The van der Waals surface area contributed by atoms with Crippen molar-refractivity contribution in [2.75, 3.05) is 0 Å². The first-order chi connectivity index (χ1) is 11.8. The van der Waals surface area contributed by atoms with Crippen LogP contribution in [0.15, 0.2) is 33.5 Å². The van der Waals surface area contributed by atoms with Gasteiger partial charge in [-0.05, 0) is 26.0 Å². The van der Waals surface area contributed by atoms with E-state index in [0.717, 1.165) is 12.5 Å². The maximum atomic E-state index is 14.0. The van der Waals surface area contributed by atoms with Crippen LogP contribution in [0, 0.1) is 37.1 Å². The fraction of sp³-hybridized carbons (Fsp3) is 0.125. The van der Waals surface area contributed by atoms with Crippen LogP contribution in [0.2, 0.25) is 0 Å². The molecule has 0 amide bonds. The van der Waals surface area contributed by atoms with E-state index < -0.39 is 51.4 Å². The van der Waals surface area contributed by atoms with E-state index in [-0.39, 0.29) is 4.34 Å². The summed E-state index contributed by atoms with van der Waals surface area (Å²) >= 11 is -1.08. The summed E-state index contributed by atoms with van der Waals surface area (Å²) < 4.78 is 71.6. The number of benzene rings is 2. The topological polar surface area (TPSA) is 48.8 Å². The largest absolute Gasteiger partial charge is 0.605 e. The number of hydrogen-bond acceptors (Lipinski definition) is 4. The van der Waals surface area contributed by atoms with Crippen molar-refractivity contribution in [3.8, 4) is 11.4 Å². The minimum atomic E-state index is -1.72. The van der Waals surface area contributed by atoms with Crippen LogP contribution in [0.3, 0.4) is 0 Å². The van der Waals surface area contributed by atoms with Gasteiger partial charge in [0.2, 0.25) is 0 Å². The van der Waals surface area contributed by atoms with Crippen LogP contribution in [-0.2, 0) is 11.2 Å². The monoisotopic (exact) mass is 386 g/mol. The lowest BCUT2D eigenvalue weighted by atomic mass is 10.1. The maximum Gasteiger partial charge on any atom is 0.327 e. The molecule has 0 spiro atoms. The van der Waals surface area contributed by atoms with Gasteiger partial charge in [-0.1, -0.05) is 17.7 Å². The molecule has 0 bridgehead atoms. The summed E-state index contributed by atoms with van der Waals surface area (Å²) in [4.78, 5) is 4.23. The Labute approximate surface area is 147 Å². The molecule has 25 heavy (non-hydrogen) atoms. The van der Waals surface area contributed by atoms with Gasteiger partial charge in [-0.15, -0.1) is 0 Å². The van der Waals surface area contributed by atoms with Crippen molar-refractivity contribution in [2.45, 2.75) is 23.1 Å². The second-order valence-electron chi connectivity index (χ2n) is 5.22. The number of hydrogen-bond donors (Lipinski definition) is 0. The lowest BCUT2D eigenvalue weighted by Crippen LogP contribution is -2.05. The molecule has 3 nitrogen and oxygen atoms in total. The molecule has 3 rings (SSSR count). The smallest absolute Gasteiger partial charge is 0.327 e. The van der Waals surface area contributed by atoms with Gasteiger partial charge < -0.3 is 4.55 Å². The van der Waals surface area contributed by atoms with Crippen LogP contribution in [0.25, 0.3) is 11.4 Å². The molecule has 0 aliphatic heterocycles. The van der Waals surface area contributed by atoms with E-state index in [1.165, 1.54) is 0 Å². The second-order valence-corrected chi connectivity index (χ2v) is 7.63. The highest BCUT2D eigenvalue weighted by Gasteiger charge is 2.29. The zero-order chi connectivity index (χ0) is 18.3. The van der Waals surface area contributed by atoms with Gasteiger partial charge in [-0.3, -0.25) is 0 Å². The molecule has 0 saturated carbocycles. The third-order valence-electron chi connectivity index (χ3n) is 3.51. The molecule has 130 valence electrons. The second kappa shape index (κ2) is 6.74. The van der Waals surface area contributed by atoms with Crippen LogP contribution >= 0.6 is 11.5 Å². The van der Waals surface area contributed by atoms with Gasteiger partial charge in [0.05, 0.1) is 16.7 Å². The van der Waals surface area contributed by atoms with E-state index in [1.54, 1.807) is 24.3 Å². The van der Waals surface area contributed by atoms with Crippen molar-refractivity contribution in [2.24, 2.45) is 0 Å². The molecule has 0 aliphatic carbocycles. The summed E-state index contributed by atoms with van der Waals surface area (Å²) in [5.41, 5.74) is -0.810. The van der Waals surface area contributed by atoms with E-state index in [4.69, 9.17) is 0 Å². The number of nitrogens with zero attached hydrogens (tertiary/aromatic N) is 2. The Bertz CT molecular complexity index is 915. The Kier molecular flexibility index (Phi) is 4.81. The highest BCUT2D eigenvalue weighted by molar-refractivity contribution is 7.93. The van der Waals surface area contributed by atoms with Gasteiger partial charge in [0.15, 0.2) is 34.0 Å². The highest BCUT2D eigenvalue weighted by atomic mass is 32.2. The summed E-state index contributed by atoms with van der Waals surface area (Å²) in [6.45, 7) is 2.79. The van der Waals surface area contributed by atoms with Gasteiger partial charge in [0, 0.05) is 17.1 Å². The van der Waals surface area contributed by atoms with Crippen LogP contribution in [0.5, 0.6) is 0 Å². The van der Waals surface area contributed by atoms with Gasteiger partial charge >= 0.3 is 4.34 Å². The van der Waals surface area contributed by atoms with E-state index >= 15 is 0 Å².